The van der Waals surface area contributed by atoms with E-state index in [1.807, 2.05) is 0 Å². The molecule has 25 heavy (non-hydrogen) atoms. The third-order valence-corrected chi connectivity index (χ3v) is 4.74. The summed E-state index contributed by atoms with van der Waals surface area (Å²) in [5.74, 6) is 1.07. The molecule has 136 valence electrons. The number of aromatic nitrogens is 1. The van der Waals surface area contributed by atoms with Gasteiger partial charge in [0.25, 0.3) is 0 Å². The van der Waals surface area contributed by atoms with E-state index in [1.54, 1.807) is 18.2 Å². The Morgan fingerprint density at radius 2 is 2.08 bits per heavy atom. The Morgan fingerprint density at radius 1 is 1.32 bits per heavy atom. The van der Waals surface area contributed by atoms with Crippen LogP contribution < -0.4 is 10.2 Å². The monoisotopic (exact) mass is 364 g/mol. The lowest BCUT2D eigenvalue weighted by Crippen LogP contribution is -2.38. The molecule has 2 aromatic rings. The van der Waals surface area contributed by atoms with E-state index in [0.717, 1.165) is 45.0 Å². The van der Waals surface area contributed by atoms with Crippen molar-refractivity contribution in [3.05, 3.63) is 39.1 Å². The molecule has 1 fully saturated rings. The maximum absolute atomic E-state index is 12.3. The topological polar surface area (TPSA) is 54.6 Å². The molecular formula is C19H25ClN2O3. The van der Waals surface area contributed by atoms with E-state index in [1.165, 1.54) is 0 Å². The standard InChI is InChI=1S/C19H25ClN2O3/c1-13(2)11-14-12-16(23)15-3-4-17(18(20)19(15)21-14)25-10-7-22-5-8-24-9-6-22/h3-4,12-13H,5-11H2,1-2H3,(H,21,23). The van der Waals surface area contributed by atoms with Crippen LogP contribution in [-0.4, -0.2) is 49.3 Å². The molecule has 0 atom stereocenters. The molecule has 2 heterocycles. The molecule has 1 aromatic heterocycles. The quantitative estimate of drug-likeness (QED) is 0.855. The molecular weight excluding hydrogens is 340 g/mol. The summed E-state index contributed by atoms with van der Waals surface area (Å²) in [6.45, 7) is 9.04. The van der Waals surface area contributed by atoms with Crippen molar-refractivity contribution in [3.63, 3.8) is 0 Å². The zero-order valence-electron chi connectivity index (χ0n) is 14.8. The summed E-state index contributed by atoms with van der Waals surface area (Å²) >= 11 is 6.51. The maximum atomic E-state index is 12.3. The van der Waals surface area contributed by atoms with Crippen LogP contribution in [-0.2, 0) is 11.2 Å². The molecule has 0 saturated carbocycles. The number of rotatable bonds is 6. The first-order valence-corrected chi connectivity index (χ1v) is 9.19. The molecule has 0 radical (unpaired) electrons. The van der Waals surface area contributed by atoms with E-state index in [-0.39, 0.29) is 5.43 Å². The number of nitrogens with one attached hydrogen (secondary N) is 1. The van der Waals surface area contributed by atoms with E-state index >= 15 is 0 Å². The van der Waals surface area contributed by atoms with Gasteiger partial charge in [-0.2, -0.15) is 0 Å². The van der Waals surface area contributed by atoms with Crippen molar-refractivity contribution in [1.29, 1.82) is 0 Å². The predicted octanol–water partition coefficient (Wildman–Crippen LogP) is 3.09. The van der Waals surface area contributed by atoms with Crippen LogP contribution in [0.2, 0.25) is 5.02 Å². The van der Waals surface area contributed by atoms with Gasteiger partial charge in [0.15, 0.2) is 5.43 Å². The molecule has 1 N–H and O–H groups in total. The van der Waals surface area contributed by atoms with Gasteiger partial charge in [-0.3, -0.25) is 9.69 Å². The fourth-order valence-electron chi connectivity index (χ4n) is 3.09. The van der Waals surface area contributed by atoms with E-state index < -0.39 is 0 Å². The normalized spacial score (nSPS) is 15.8. The Morgan fingerprint density at radius 3 is 2.80 bits per heavy atom. The largest absolute Gasteiger partial charge is 0.491 e. The second-order valence-electron chi connectivity index (χ2n) is 6.86. The van der Waals surface area contributed by atoms with Gasteiger partial charge in [0.1, 0.15) is 17.4 Å². The lowest BCUT2D eigenvalue weighted by molar-refractivity contribution is 0.0322. The zero-order valence-corrected chi connectivity index (χ0v) is 15.6. The Hall–Kier alpha value is -1.56. The molecule has 0 unspecified atom stereocenters. The Bertz CT molecular complexity index is 782. The Kier molecular flexibility index (Phi) is 5.99. The number of halogens is 1. The Labute approximate surface area is 152 Å². The summed E-state index contributed by atoms with van der Waals surface area (Å²) in [6.07, 6.45) is 0.809. The third kappa shape index (κ3) is 4.54. The van der Waals surface area contributed by atoms with Gasteiger partial charge in [0.05, 0.1) is 18.7 Å². The van der Waals surface area contributed by atoms with Gasteiger partial charge in [-0.15, -0.1) is 0 Å². The lowest BCUT2D eigenvalue weighted by Gasteiger charge is -2.26. The van der Waals surface area contributed by atoms with Crippen LogP contribution in [0.5, 0.6) is 5.75 Å². The summed E-state index contributed by atoms with van der Waals surface area (Å²) in [4.78, 5) is 17.9. The van der Waals surface area contributed by atoms with Gasteiger partial charge in [-0.1, -0.05) is 25.4 Å². The number of pyridine rings is 1. The summed E-state index contributed by atoms with van der Waals surface area (Å²) in [5.41, 5.74) is 1.56. The van der Waals surface area contributed by atoms with Crippen molar-refractivity contribution in [3.8, 4) is 5.75 Å². The van der Waals surface area contributed by atoms with E-state index in [0.29, 0.717) is 34.2 Å². The smallest absolute Gasteiger partial charge is 0.189 e. The number of morpholine rings is 1. The highest BCUT2D eigenvalue weighted by molar-refractivity contribution is 6.36. The van der Waals surface area contributed by atoms with Gasteiger partial charge < -0.3 is 14.5 Å². The molecule has 1 aromatic carbocycles. The number of H-pyrrole nitrogens is 1. The van der Waals surface area contributed by atoms with Crippen LogP contribution >= 0.6 is 11.6 Å². The molecule has 1 aliphatic rings. The van der Waals surface area contributed by atoms with E-state index in [9.17, 15) is 4.79 Å². The molecule has 0 spiro atoms. The van der Waals surface area contributed by atoms with E-state index in [4.69, 9.17) is 21.1 Å². The van der Waals surface area contributed by atoms with Crippen molar-refractivity contribution in [2.75, 3.05) is 39.5 Å². The fraction of sp³-hybridized carbons (Fsp3) is 0.526. The molecule has 6 heteroatoms. The highest BCUT2D eigenvalue weighted by Crippen LogP contribution is 2.30. The number of hydrogen-bond acceptors (Lipinski definition) is 4. The van der Waals surface area contributed by atoms with Crippen LogP contribution in [0.4, 0.5) is 0 Å². The van der Waals surface area contributed by atoms with Crippen LogP contribution in [0.3, 0.4) is 0 Å². The molecule has 3 rings (SSSR count). The second kappa shape index (κ2) is 8.21. The number of fused-ring (bicyclic) bond motifs is 1. The van der Waals surface area contributed by atoms with Gasteiger partial charge in [0.2, 0.25) is 0 Å². The average Bonchev–Trinajstić information content (AvgIpc) is 2.58. The second-order valence-corrected chi connectivity index (χ2v) is 7.24. The molecule has 5 nitrogen and oxygen atoms in total. The lowest BCUT2D eigenvalue weighted by atomic mass is 10.1. The summed E-state index contributed by atoms with van der Waals surface area (Å²) < 4.78 is 11.2. The van der Waals surface area contributed by atoms with Crippen molar-refractivity contribution >= 4 is 22.5 Å². The molecule has 0 bridgehead atoms. The highest BCUT2D eigenvalue weighted by Gasteiger charge is 2.13. The summed E-state index contributed by atoms with van der Waals surface area (Å²) in [5, 5.41) is 1.07. The maximum Gasteiger partial charge on any atom is 0.189 e. The fourth-order valence-corrected chi connectivity index (χ4v) is 3.35. The minimum absolute atomic E-state index is 0.00818. The van der Waals surface area contributed by atoms with Gasteiger partial charge >= 0.3 is 0 Å². The summed E-state index contributed by atoms with van der Waals surface area (Å²) in [7, 11) is 0. The number of aromatic amines is 1. The summed E-state index contributed by atoms with van der Waals surface area (Å²) in [6, 6.07) is 5.22. The van der Waals surface area contributed by atoms with Crippen LogP contribution in [0.15, 0.2) is 23.0 Å². The molecule has 1 saturated heterocycles. The third-order valence-electron chi connectivity index (χ3n) is 4.36. The van der Waals surface area contributed by atoms with Crippen molar-refractivity contribution < 1.29 is 9.47 Å². The van der Waals surface area contributed by atoms with Gasteiger partial charge in [-0.25, -0.2) is 0 Å². The first-order valence-electron chi connectivity index (χ1n) is 8.82. The molecule has 0 aliphatic carbocycles. The van der Waals surface area contributed by atoms with Crippen LogP contribution in [0.1, 0.15) is 19.5 Å². The highest BCUT2D eigenvalue weighted by atomic mass is 35.5. The van der Waals surface area contributed by atoms with E-state index in [2.05, 4.69) is 23.7 Å². The van der Waals surface area contributed by atoms with Crippen LogP contribution in [0.25, 0.3) is 10.9 Å². The van der Waals surface area contributed by atoms with Gasteiger partial charge in [-0.05, 0) is 24.5 Å². The van der Waals surface area contributed by atoms with Crippen molar-refractivity contribution in [2.45, 2.75) is 20.3 Å². The predicted molar refractivity (Wildman–Crippen MR) is 101 cm³/mol. The van der Waals surface area contributed by atoms with Crippen molar-refractivity contribution in [2.24, 2.45) is 5.92 Å². The minimum Gasteiger partial charge on any atom is -0.491 e. The first kappa shape index (κ1) is 18.2. The first-order chi connectivity index (χ1) is 12.0. The Balaban J connectivity index is 1.76. The average molecular weight is 365 g/mol. The SMILES string of the molecule is CC(C)Cc1cc(=O)c2ccc(OCCN3CCOCC3)c(Cl)c2[nH]1. The number of benzene rings is 1. The number of nitrogens with zero attached hydrogens (tertiary/aromatic N) is 1. The minimum atomic E-state index is -0.00818. The van der Waals surface area contributed by atoms with Crippen molar-refractivity contribution in [1.82, 2.24) is 9.88 Å². The van der Waals surface area contributed by atoms with Gasteiger partial charge in [0, 0.05) is 36.8 Å². The molecule has 0 amide bonds. The number of ether oxygens (including phenoxy) is 2. The van der Waals surface area contributed by atoms with Crippen LogP contribution in [0, 0.1) is 5.92 Å². The molecule has 1 aliphatic heterocycles. The number of hydrogen-bond donors (Lipinski definition) is 1. The zero-order chi connectivity index (χ0) is 17.8.